The molecular formula is C10H7F6NO4. The van der Waals surface area contributed by atoms with Gasteiger partial charge in [0.05, 0.1) is 19.7 Å². The molecule has 1 rings (SSSR count). The highest BCUT2D eigenvalue weighted by Gasteiger charge is 2.41. The maximum atomic E-state index is 12.7. The Labute approximate surface area is 113 Å². The molecule has 0 aromatic carbocycles. The molecule has 0 atom stereocenters. The number of methoxy groups -OCH3 is 1. The first kappa shape index (κ1) is 16.9. The smallest absolute Gasteiger partial charge is 0.503 e. The molecule has 0 radical (unpaired) electrons. The summed E-state index contributed by atoms with van der Waals surface area (Å²) in [4.78, 5) is 13.9. The number of aromatic nitrogens is 1. The normalized spacial score (nSPS) is 12.1. The van der Waals surface area contributed by atoms with E-state index in [1.54, 1.807) is 0 Å². The second kappa shape index (κ2) is 5.66. The van der Waals surface area contributed by atoms with E-state index in [1.807, 2.05) is 0 Å². The van der Waals surface area contributed by atoms with Gasteiger partial charge in [0.2, 0.25) is 0 Å². The van der Waals surface area contributed by atoms with Crippen molar-refractivity contribution in [2.75, 3.05) is 7.11 Å². The molecule has 0 saturated heterocycles. The summed E-state index contributed by atoms with van der Waals surface area (Å²) >= 11 is 0. The molecule has 0 unspecified atom stereocenters. The van der Waals surface area contributed by atoms with Gasteiger partial charge in [0.15, 0.2) is 17.2 Å². The van der Waals surface area contributed by atoms with Crippen molar-refractivity contribution in [3.05, 3.63) is 17.5 Å². The van der Waals surface area contributed by atoms with Crippen molar-refractivity contribution in [2.45, 2.75) is 19.0 Å². The van der Waals surface area contributed by atoms with Crippen LogP contribution in [0.25, 0.3) is 0 Å². The number of aromatic hydroxyl groups is 1. The van der Waals surface area contributed by atoms with Crippen LogP contribution in [0.5, 0.6) is 11.5 Å². The van der Waals surface area contributed by atoms with Crippen LogP contribution in [0.3, 0.4) is 0 Å². The van der Waals surface area contributed by atoms with Crippen LogP contribution in [0.15, 0.2) is 6.20 Å². The molecule has 0 aliphatic rings. The number of rotatable bonds is 3. The van der Waals surface area contributed by atoms with E-state index in [0.29, 0.717) is 0 Å². The van der Waals surface area contributed by atoms with Crippen LogP contribution >= 0.6 is 0 Å². The molecule has 1 heterocycles. The van der Waals surface area contributed by atoms with E-state index in [4.69, 9.17) is 0 Å². The van der Waals surface area contributed by atoms with Crippen molar-refractivity contribution >= 4 is 5.97 Å². The highest BCUT2D eigenvalue weighted by atomic mass is 19.4. The number of ether oxygens (including phenoxy) is 2. The maximum Gasteiger partial charge on any atom is 0.573 e. The van der Waals surface area contributed by atoms with Crippen molar-refractivity contribution in [3.63, 3.8) is 0 Å². The lowest BCUT2D eigenvalue weighted by Crippen LogP contribution is -2.22. The SMILES string of the molecule is COC(=O)Cc1c(C(F)(F)F)ncc(O)c1OC(F)(F)F. The first-order valence-electron chi connectivity index (χ1n) is 5.06. The van der Waals surface area contributed by atoms with Gasteiger partial charge in [-0.25, -0.2) is 4.98 Å². The van der Waals surface area contributed by atoms with Crippen LogP contribution in [0.1, 0.15) is 11.3 Å². The van der Waals surface area contributed by atoms with Gasteiger partial charge in [0.25, 0.3) is 0 Å². The van der Waals surface area contributed by atoms with E-state index in [0.717, 1.165) is 7.11 Å². The monoisotopic (exact) mass is 319 g/mol. The van der Waals surface area contributed by atoms with Crippen LogP contribution in [0.4, 0.5) is 26.3 Å². The van der Waals surface area contributed by atoms with Crippen molar-refractivity contribution in [3.8, 4) is 11.5 Å². The van der Waals surface area contributed by atoms with E-state index >= 15 is 0 Å². The average Bonchev–Trinajstić information content (AvgIpc) is 2.30. The molecular weight excluding hydrogens is 312 g/mol. The van der Waals surface area contributed by atoms with Gasteiger partial charge in [0.1, 0.15) is 0 Å². The summed E-state index contributed by atoms with van der Waals surface area (Å²) in [7, 11) is 0.829. The van der Waals surface area contributed by atoms with Gasteiger partial charge in [0, 0.05) is 5.56 Å². The van der Waals surface area contributed by atoms with Crippen molar-refractivity contribution in [1.29, 1.82) is 0 Å². The van der Waals surface area contributed by atoms with Gasteiger partial charge < -0.3 is 14.6 Å². The number of hydrogen-bond acceptors (Lipinski definition) is 5. The molecule has 0 amide bonds. The van der Waals surface area contributed by atoms with Gasteiger partial charge in [-0.2, -0.15) is 13.2 Å². The summed E-state index contributed by atoms with van der Waals surface area (Å²) in [6.07, 6.45) is -11.6. The Morgan fingerprint density at radius 1 is 1.29 bits per heavy atom. The zero-order chi connectivity index (χ0) is 16.4. The lowest BCUT2D eigenvalue weighted by atomic mass is 10.1. The number of pyridine rings is 1. The zero-order valence-corrected chi connectivity index (χ0v) is 10.2. The van der Waals surface area contributed by atoms with E-state index in [2.05, 4.69) is 14.5 Å². The van der Waals surface area contributed by atoms with E-state index in [1.165, 1.54) is 0 Å². The van der Waals surface area contributed by atoms with Gasteiger partial charge in [-0.3, -0.25) is 4.79 Å². The Hall–Kier alpha value is -2.20. The zero-order valence-electron chi connectivity index (χ0n) is 10.2. The third kappa shape index (κ3) is 4.39. The molecule has 0 spiro atoms. The highest BCUT2D eigenvalue weighted by Crippen LogP contribution is 2.41. The number of hydrogen-bond donors (Lipinski definition) is 1. The van der Waals surface area contributed by atoms with E-state index < -0.39 is 47.7 Å². The lowest BCUT2D eigenvalue weighted by Gasteiger charge is -2.17. The number of carbonyl (C=O) groups excluding carboxylic acids is 1. The van der Waals surface area contributed by atoms with Crippen LogP contribution in [0.2, 0.25) is 0 Å². The number of carbonyl (C=O) groups is 1. The molecule has 0 bridgehead atoms. The van der Waals surface area contributed by atoms with E-state index in [-0.39, 0.29) is 6.20 Å². The summed E-state index contributed by atoms with van der Waals surface area (Å²) in [6.45, 7) is 0. The molecule has 21 heavy (non-hydrogen) atoms. The topological polar surface area (TPSA) is 68.7 Å². The highest BCUT2D eigenvalue weighted by molar-refractivity contribution is 5.74. The van der Waals surface area contributed by atoms with Crippen molar-refractivity contribution < 1.29 is 45.7 Å². The van der Waals surface area contributed by atoms with Gasteiger partial charge in [-0.15, -0.1) is 13.2 Å². The molecule has 0 aliphatic heterocycles. The Morgan fingerprint density at radius 3 is 2.29 bits per heavy atom. The molecule has 1 aromatic heterocycles. The molecule has 5 nitrogen and oxygen atoms in total. The molecule has 11 heteroatoms. The van der Waals surface area contributed by atoms with E-state index in [9.17, 15) is 36.2 Å². The summed E-state index contributed by atoms with van der Waals surface area (Å²) in [5.41, 5.74) is -3.06. The first-order valence-corrected chi connectivity index (χ1v) is 5.06. The van der Waals surface area contributed by atoms with Gasteiger partial charge in [-0.1, -0.05) is 0 Å². The third-order valence-electron chi connectivity index (χ3n) is 2.14. The second-order valence-corrected chi connectivity index (χ2v) is 3.60. The van der Waals surface area contributed by atoms with Crippen LogP contribution < -0.4 is 4.74 Å². The maximum absolute atomic E-state index is 12.7. The molecule has 0 fully saturated rings. The lowest BCUT2D eigenvalue weighted by molar-refractivity contribution is -0.275. The summed E-state index contributed by atoms with van der Waals surface area (Å²) in [5.74, 6) is -4.10. The Balaban J connectivity index is 3.48. The first-order chi connectivity index (χ1) is 9.45. The fraction of sp³-hybridized carbons (Fsp3) is 0.400. The Bertz CT molecular complexity index is 540. The van der Waals surface area contributed by atoms with Gasteiger partial charge in [-0.05, 0) is 0 Å². The minimum Gasteiger partial charge on any atom is -0.503 e. The average molecular weight is 319 g/mol. The van der Waals surface area contributed by atoms with Gasteiger partial charge >= 0.3 is 18.5 Å². The number of alkyl halides is 6. The minimum atomic E-state index is -5.37. The Morgan fingerprint density at radius 2 is 1.86 bits per heavy atom. The molecule has 1 aromatic rings. The fourth-order valence-electron chi connectivity index (χ4n) is 1.38. The molecule has 0 aliphatic carbocycles. The number of esters is 1. The quantitative estimate of drug-likeness (QED) is 0.684. The molecule has 1 N–H and O–H groups in total. The number of nitrogens with zero attached hydrogens (tertiary/aromatic N) is 1. The predicted octanol–water partition coefficient (Wildman–Crippen LogP) is 2.42. The molecule has 118 valence electrons. The van der Waals surface area contributed by atoms with Crippen LogP contribution in [-0.4, -0.2) is 29.5 Å². The summed E-state index contributed by atoms with van der Waals surface area (Å²) in [6, 6.07) is 0. The second-order valence-electron chi connectivity index (χ2n) is 3.60. The predicted molar refractivity (Wildman–Crippen MR) is 53.3 cm³/mol. The summed E-state index contributed by atoms with van der Waals surface area (Å²) < 4.78 is 82.2. The largest absolute Gasteiger partial charge is 0.573 e. The summed E-state index contributed by atoms with van der Waals surface area (Å²) in [5, 5.41) is 9.22. The standard InChI is InChI=1S/C10H7F6NO4/c1-20-6(19)2-4-7(21-10(14,15)16)5(18)3-17-8(4)9(11,12)13/h3,18H,2H2,1H3. The third-order valence-corrected chi connectivity index (χ3v) is 2.14. The van der Waals surface area contributed by atoms with Crippen molar-refractivity contribution in [1.82, 2.24) is 4.98 Å². The Kier molecular flexibility index (Phi) is 4.54. The fourth-order valence-corrected chi connectivity index (χ4v) is 1.38. The van der Waals surface area contributed by atoms with Crippen LogP contribution in [-0.2, 0) is 22.1 Å². The number of halogens is 6. The molecule has 0 saturated carbocycles. The minimum absolute atomic E-state index is 0.144. The van der Waals surface area contributed by atoms with Crippen LogP contribution in [0, 0.1) is 0 Å². The van der Waals surface area contributed by atoms with Crippen molar-refractivity contribution in [2.24, 2.45) is 0 Å².